The van der Waals surface area contributed by atoms with Crippen LogP contribution in [0.3, 0.4) is 0 Å². The zero-order valence-corrected chi connectivity index (χ0v) is 14.6. The predicted octanol–water partition coefficient (Wildman–Crippen LogP) is 1.37. The lowest BCUT2D eigenvalue weighted by Crippen LogP contribution is -2.15. The van der Waals surface area contributed by atoms with Crippen LogP contribution in [0.4, 0.5) is 5.13 Å². The molecule has 2 heterocycles. The number of fused-ring (bicyclic) bond motifs is 1. The molecule has 0 aliphatic heterocycles. The van der Waals surface area contributed by atoms with Crippen LogP contribution in [-0.4, -0.2) is 26.8 Å². The van der Waals surface area contributed by atoms with Gasteiger partial charge in [-0.25, -0.2) is 9.97 Å². The number of hydrogen-bond acceptors (Lipinski definition) is 6. The number of nitrogens with two attached hydrogens (primary N) is 1. The van der Waals surface area contributed by atoms with E-state index in [0.717, 1.165) is 0 Å². The molecule has 134 valence electrons. The number of aryl methyl sites for hydroxylation is 1. The van der Waals surface area contributed by atoms with Gasteiger partial charge < -0.3 is 16.0 Å². The number of aromatic amines is 1. The first kappa shape index (κ1) is 17.7. The van der Waals surface area contributed by atoms with Crippen molar-refractivity contribution >= 4 is 39.2 Å². The summed E-state index contributed by atoms with van der Waals surface area (Å²) in [7, 11) is 0. The molecule has 3 aromatic rings. The quantitative estimate of drug-likeness (QED) is 0.577. The highest BCUT2D eigenvalue weighted by Gasteiger charge is 2.09. The summed E-state index contributed by atoms with van der Waals surface area (Å²) in [6, 6.07) is 7.12. The molecule has 26 heavy (non-hydrogen) atoms. The standard InChI is InChI=1S/C17H17N5O3S/c18-13(23)8-10-9-26-17(19-10)22-15(24)7-3-6-14-20-12-5-2-1-4-11(12)16(25)21-14/h1-2,4-5,9H,3,6-8H2,(H2,18,23)(H,19,22,24)(H,20,21,25). The normalized spacial score (nSPS) is 10.8. The molecule has 0 spiro atoms. The fourth-order valence-corrected chi connectivity index (χ4v) is 3.20. The average Bonchev–Trinajstić information content (AvgIpc) is 3.01. The fraction of sp³-hybridized carbons (Fsp3) is 0.235. The van der Waals surface area contributed by atoms with E-state index in [0.29, 0.717) is 40.4 Å². The Hall–Kier alpha value is -3.07. The summed E-state index contributed by atoms with van der Waals surface area (Å²) in [4.78, 5) is 46.1. The van der Waals surface area contributed by atoms with Crippen LogP contribution in [0.1, 0.15) is 24.4 Å². The topological polar surface area (TPSA) is 131 Å². The van der Waals surface area contributed by atoms with Gasteiger partial charge in [-0.1, -0.05) is 12.1 Å². The number of benzene rings is 1. The second-order valence-corrected chi connectivity index (χ2v) is 6.58. The number of anilines is 1. The highest BCUT2D eigenvalue weighted by atomic mass is 32.1. The van der Waals surface area contributed by atoms with Crippen LogP contribution >= 0.6 is 11.3 Å². The lowest BCUT2D eigenvalue weighted by molar-refractivity contribution is -0.117. The van der Waals surface area contributed by atoms with Crippen LogP contribution in [0.25, 0.3) is 10.9 Å². The van der Waals surface area contributed by atoms with Gasteiger partial charge in [0, 0.05) is 18.2 Å². The van der Waals surface area contributed by atoms with Crippen molar-refractivity contribution in [2.24, 2.45) is 5.73 Å². The molecule has 3 rings (SSSR count). The van der Waals surface area contributed by atoms with E-state index in [1.807, 2.05) is 6.07 Å². The molecule has 0 saturated heterocycles. The molecule has 4 N–H and O–H groups in total. The summed E-state index contributed by atoms with van der Waals surface area (Å²) in [5.74, 6) is -0.0994. The number of amides is 2. The molecule has 0 unspecified atom stereocenters. The Morgan fingerprint density at radius 1 is 1.23 bits per heavy atom. The number of nitrogens with zero attached hydrogens (tertiary/aromatic N) is 2. The molecule has 0 saturated carbocycles. The van der Waals surface area contributed by atoms with Gasteiger partial charge in [0.2, 0.25) is 11.8 Å². The van der Waals surface area contributed by atoms with Crippen LogP contribution in [0, 0.1) is 0 Å². The SMILES string of the molecule is NC(=O)Cc1csc(NC(=O)CCCc2nc3ccccc3c(=O)[nH]2)n1. The summed E-state index contributed by atoms with van der Waals surface area (Å²) in [6.45, 7) is 0. The summed E-state index contributed by atoms with van der Waals surface area (Å²) in [5, 5.41) is 5.35. The number of thiazole rings is 1. The Morgan fingerprint density at radius 3 is 2.85 bits per heavy atom. The van der Waals surface area contributed by atoms with Crippen LogP contribution in [0.2, 0.25) is 0 Å². The number of hydrogen-bond donors (Lipinski definition) is 3. The van der Waals surface area contributed by atoms with Crippen molar-refractivity contribution in [3.8, 4) is 0 Å². The average molecular weight is 371 g/mol. The molecule has 9 heteroatoms. The van der Waals surface area contributed by atoms with Crippen molar-refractivity contribution < 1.29 is 9.59 Å². The predicted molar refractivity (Wildman–Crippen MR) is 98.9 cm³/mol. The summed E-state index contributed by atoms with van der Waals surface area (Å²) in [6.07, 6.45) is 1.33. The third kappa shape index (κ3) is 4.51. The first-order chi connectivity index (χ1) is 12.5. The minimum atomic E-state index is -0.468. The minimum absolute atomic E-state index is 0.0490. The van der Waals surface area contributed by atoms with Gasteiger partial charge in [0.25, 0.3) is 5.56 Å². The number of nitrogens with one attached hydrogen (secondary N) is 2. The first-order valence-electron chi connectivity index (χ1n) is 8.02. The van der Waals surface area contributed by atoms with Crippen LogP contribution in [0.5, 0.6) is 0 Å². The van der Waals surface area contributed by atoms with E-state index < -0.39 is 5.91 Å². The first-order valence-corrected chi connectivity index (χ1v) is 8.90. The van der Waals surface area contributed by atoms with Crippen molar-refractivity contribution in [1.29, 1.82) is 0 Å². The number of rotatable bonds is 7. The number of para-hydroxylation sites is 1. The van der Waals surface area contributed by atoms with Gasteiger partial charge in [-0.15, -0.1) is 11.3 Å². The number of aromatic nitrogens is 3. The zero-order valence-electron chi connectivity index (χ0n) is 13.8. The van der Waals surface area contributed by atoms with Gasteiger partial charge in [0.1, 0.15) is 5.82 Å². The van der Waals surface area contributed by atoms with E-state index >= 15 is 0 Å². The second-order valence-electron chi connectivity index (χ2n) is 5.72. The van der Waals surface area contributed by atoms with Crippen molar-refractivity contribution in [1.82, 2.24) is 15.0 Å². The van der Waals surface area contributed by atoms with Crippen molar-refractivity contribution in [3.63, 3.8) is 0 Å². The Bertz CT molecular complexity index is 1010. The van der Waals surface area contributed by atoms with Crippen molar-refractivity contribution in [3.05, 3.63) is 51.5 Å². The van der Waals surface area contributed by atoms with Gasteiger partial charge in [-0.3, -0.25) is 14.4 Å². The summed E-state index contributed by atoms with van der Waals surface area (Å²) >= 11 is 1.24. The number of H-pyrrole nitrogens is 1. The summed E-state index contributed by atoms with van der Waals surface area (Å²) < 4.78 is 0. The molecule has 2 amide bonds. The molecule has 0 atom stereocenters. The van der Waals surface area contributed by atoms with Crippen LogP contribution in [-0.2, 0) is 22.4 Å². The molecular formula is C17H17N5O3S. The molecule has 0 aliphatic carbocycles. The van der Waals surface area contributed by atoms with E-state index in [9.17, 15) is 14.4 Å². The van der Waals surface area contributed by atoms with E-state index in [4.69, 9.17) is 5.73 Å². The van der Waals surface area contributed by atoms with Crippen molar-refractivity contribution in [2.75, 3.05) is 5.32 Å². The fourth-order valence-electron chi connectivity index (χ4n) is 2.48. The van der Waals surface area contributed by atoms with E-state index in [1.165, 1.54) is 11.3 Å². The lowest BCUT2D eigenvalue weighted by Gasteiger charge is -2.03. The third-order valence-corrected chi connectivity index (χ3v) is 4.44. The smallest absolute Gasteiger partial charge is 0.258 e. The third-order valence-electron chi connectivity index (χ3n) is 3.63. The minimum Gasteiger partial charge on any atom is -0.369 e. The Morgan fingerprint density at radius 2 is 2.04 bits per heavy atom. The molecule has 1 aromatic carbocycles. The highest BCUT2D eigenvalue weighted by molar-refractivity contribution is 7.13. The summed E-state index contributed by atoms with van der Waals surface area (Å²) in [5.41, 5.74) is 6.10. The monoisotopic (exact) mass is 371 g/mol. The maximum atomic E-state index is 12.0. The highest BCUT2D eigenvalue weighted by Crippen LogP contribution is 2.16. The van der Waals surface area contributed by atoms with E-state index in [1.54, 1.807) is 23.6 Å². The van der Waals surface area contributed by atoms with Gasteiger partial charge in [0.05, 0.1) is 23.0 Å². The Balaban J connectivity index is 1.53. The van der Waals surface area contributed by atoms with E-state index in [2.05, 4.69) is 20.3 Å². The second kappa shape index (κ2) is 7.87. The van der Waals surface area contributed by atoms with Gasteiger partial charge in [-0.05, 0) is 18.6 Å². The van der Waals surface area contributed by atoms with Crippen LogP contribution in [0.15, 0.2) is 34.4 Å². The Kier molecular flexibility index (Phi) is 5.37. The molecule has 0 radical (unpaired) electrons. The maximum absolute atomic E-state index is 12.0. The number of primary amides is 1. The maximum Gasteiger partial charge on any atom is 0.258 e. The number of carbonyl (C=O) groups is 2. The Labute approximate surface area is 152 Å². The molecule has 0 bridgehead atoms. The van der Waals surface area contributed by atoms with Gasteiger partial charge in [-0.2, -0.15) is 0 Å². The number of carbonyl (C=O) groups excluding carboxylic acids is 2. The molecule has 0 fully saturated rings. The molecule has 8 nitrogen and oxygen atoms in total. The van der Waals surface area contributed by atoms with E-state index in [-0.39, 0.29) is 24.3 Å². The van der Waals surface area contributed by atoms with Crippen molar-refractivity contribution in [2.45, 2.75) is 25.7 Å². The molecule has 2 aromatic heterocycles. The molecular weight excluding hydrogens is 354 g/mol. The largest absolute Gasteiger partial charge is 0.369 e. The van der Waals surface area contributed by atoms with Crippen LogP contribution < -0.4 is 16.6 Å². The van der Waals surface area contributed by atoms with Gasteiger partial charge in [0.15, 0.2) is 5.13 Å². The van der Waals surface area contributed by atoms with Gasteiger partial charge >= 0.3 is 0 Å². The zero-order chi connectivity index (χ0) is 18.5. The lowest BCUT2D eigenvalue weighted by atomic mass is 10.2. The molecule has 0 aliphatic rings.